The van der Waals surface area contributed by atoms with E-state index < -0.39 is 0 Å². The molecule has 3 nitrogen and oxygen atoms in total. The Labute approximate surface area is 127 Å². The molecule has 0 radical (unpaired) electrons. The zero-order chi connectivity index (χ0) is 13.9. The fraction of sp³-hybridized carbons (Fsp3) is 0.562. The van der Waals surface area contributed by atoms with Crippen molar-refractivity contribution in [1.82, 2.24) is 10.6 Å². The van der Waals surface area contributed by atoms with Gasteiger partial charge >= 0.3 is 0 Å². The van der Waals surface area contributed by atoms with Crippen LogP contribution in [-0.4, -0.2) is 25.5 Å². The number of carbonyl (C=O) groups is 1. The Balaban J connectivity index is 0.00000200. The zero-order valence-corrected chi connectivity index (χ0v) is 13.3. The van der Waals surface area contributed by atoms with Gasteiger partial charge in [-0.2, -0.15) is 0 Å². The van der Waals surface area contributed by atoms with Gasteiger partial charge in [0.1, 0.15) is 0 Å². The van der Waals surface area contributed by atoms with Gasteiger partial charge in [-0.05, 0) is 17.9 Å². The van der Waals surface area contributed by atoms with Crippen LogP contribution in [0.15, 0.2) is 24.3 Å². The number of halogens is 1. The Kier molecular flexibility index (Phi) is 6.03. The summed E-state index contributed by atoms with van der Waals surface area (Å²) in [7, 11) is 0. The van der Waals surface area contributed by atoms with E-state index in [0.29, 0.717) is 12.3 Å². The largest absolute Gasteiger partial charge is 0.356 e. The number of amides is 1. The molecule has 2 N–H and O–H groups in total. The molecule has 1 saturated heterocycles. The van der Waals surface area contributed by atoms with E-state index in [2.05, 4.69) is 55.7 Å². The second kappa shape index (κ2) is 7.09. The summed E-state index contributed by atoms with van der Waals surface area (Å²) >= 11 is 0. The highest BCUT2D eigenvalue weighted by molar-refractivity contribution is 5.85. The summed E-state index contributed by atoms with van der Waals surface area (Å²) < 4.78 is 0. The maximum atomic E-state index is 12.0. The highest BCUT2D eigenvalue weighted by atomic mass is 35.5. The Hall–Kier alpha value is -1.06. The SMILES string of the molecule is Cc1ccc(C(C)(C)CC(=O)NCC2CNC2)cc1.Cl. The highest BCUT2D eigenvalue weighted by Gasteiger charge is 2.25. The second-order valence-electron chi connectivity index (χ2n) is 6.26. The van der Waals surface area contributed by atoms with E-state index in [1.807, 2.05) is 0 Å². The van der Waals surface area contributed by atoms with Crippen LogP contribution in [0.5, 0.6) is 0 Å². The minimum Gasteiger partial charge on any atom is -0.356 e. The molecule has 0 atom stereocenters. The second-order valence-corrected chi connectivity index (χ2v) is 6.26. The first-order chi connectivity index (χ1) is 8.97. The minimum absolute atomic E-state index is 0. The van der Waals surface area contributed by atoms with Crippen molar-refractivity contribution >= 4 is 18.3 Å². The van der Waals surface area contributed by atoms with Gasteiger partial charge in [-0.25, -0.2) is 0 Å². The van der Waals surface area contributed by atoms with E-state index in [1.54, 1.807) is 0 Å². The quantitative estimate of drug-likeness (QED) is 0.876. The Morgan fingerprint density at radius 2 is 1.90 bits per heavy atom. The molecule has 4 heteroatoms. The lowest BCUT2D eigenvalue weighted by molar-refractivity contribution is -0.122. The number of hydrogen-bond acceptors (Lipinski definition) is 2. The molecule has 2 rings (SSSR count). The maximum absolute atomic E-state index is 12.0. The topological polar surface area (TPSA) is 41.1 Å². The summed E-state index contributed by atoms with van der Waals surface area (Å²) in [5, 5.41) is 6.26. The predicted molar refractivity (Wildman–Crippen MR) is 85.4 cm³/mol. The summed E-state index contributed by atoms with van der Waals surface area (Å²) in [5.74, 6) is 0.768. The summed E-state index contributed by atoms with van der Waals surface area (Å²) in [6.07, 6.45) is 0.538. The van der Waals surface area contributed by atoms with Gasteiger partial charge in [-0.1, -0.05) is 43.7 Å². The zero-order valence-electron chi connectivity index (χ0n) is 12.5. The highest BCUT2D eigenvalue weighted by Crippen LogP contribution is 2.27. The van der Waals surface area contributed by atoms with Gasteiger partial charge in [-0.15, -0.1) is 12.4 Å². The van der Waals surface area contributed by atoms with E-state index >= 15 is 0 Å². The van der Waals surface area contributed by atoms with Gasteiger partial charge in [0.25, 0.3) is 0 Å². The van der Waals surface area contributed by atoms with Gasteiger partial charge in [0.05, 0.1) is 0 Å². The predicted octanol–water partition coefficient (Wildman–Crippen LogP) is 2.42. The monoisotopic (exact) mass is 296 g/mol. The number of rotatable bonds is 5. The van der Waals surface area contributed by atoms with Gasteiger partial charge in [0.2, 0.25) is 5.91 Å². The van der Waals surface area contributed by atoms with Crippen molar-refractivity contribution in [2.24, 2.45) is 5.92 Å². The van der Waals surface area contributed by atoms with Crippen LogP contribution < -0.4 is 10.6 Å². The van der Waals surface area contributed by atoms with Crippen LogP contribution in [-0.2, 0) is 10.2 Å². The Morgan fingerprint density at radius 1 is 1.30 bits per heavy atom. The fourth-order valence-corrected chi connectivity index (χ4v) is 2.32. The third kappa shape index (κ3) is 4.50. The molecule has 0 aromatic heterocycles. The van der Waals surface area contributed by atoms with Crippen molar-refractivity contribution in [3.8, 4) is 0 Å². The third-order valence-corrected chi connectivity index (χ3v) is 3.89. The number of carbonyl (C=O) groups excluding carboxylic acids is 1. The number of benzene rings is 1. The first-order valence-electron chi connectivity index (χ1n) is 7.02. The molecule has 1 aromatic carbocycles. The van der Waals surface area contributed by atoms with Crippen LogP contribution in [0.4, 0.5) is 0 Å². The van der Waals surface area contributed by atoms with Gasteiger partial charge in [-0.3, -0.25) is 4.79 Å². The molecule has 0 aliphatic carbocycles. The molecular formula is C16H25ClN2O. The lowest BCUT2D eigenvalue weighted by Gasteiger charge is -2.29. The summed E-state index contributed by atoms with van der Waals surface area (Å²) in [4.78, 5) is 12.0. The molecular weight excluding hydrogens is 272 g/mol. The average molecular weight is 297 g/mol. The van der Waals surface area contributed by atoms with Crippen molar-refractivity contribution in [3.05, 3.63) is 35.4 Å². The summed E-state index contributed by atoms with van der Waals surface area (Å²) in [6, 6.07) is 8.46. The fourth-order valence-electron chi connectivity index (χ4n) is 2.32. The van der Waals surface area contributed by atoms with Crippen LogP contribution >= 0.6 is 12.4 Å². The first kappa shape index (κ1) is 17.0. The number of aryl methyl sites for hydroxylation is 1. The van der Waals surface area contributed by atoms with Crippen LogP contribution in [0, 0.1) is 12.8 Å². The molecule has 0 unspecified atom stereocenters. The Morgan fingerprint density at radius 3 is 2.40 bits per heavy atom. The molecule has 0 saturated carbocycles. The molecule has 1 aliphatic rings. The van der Waals surface area contributed by atoms with Crippen LogP contribution in [0.3, 0.4) is 0 Å². The van der Waals surface area contributed by atoms with Gasteiger partial charge in [0, 0.05) is 32.0 Å². The van der Waals surface area contributed by atoms with E-state index in [-0.39, 0.29) is 23.7 Å². The maximum Gasteiger partial charge on any atom is 0.220 e. The molecule has 1 aromatic rings. The normalized spacial score (nSPS) is 15.2. The van der Waals surface area contributed by atoms with Crippen molar-refractivity contribution < 1.29 is 4.79 Å². The smallest absolute Gasteiger partial charge is 0.220 e. The standard InChI is InChI=1S/C16H24N2O.ClH/c1-12-4-6-14(7-5-12)16(2,3)8-15(19)18-11-13-9-17-10-13;/h4-7,13,17H,8-11H2,1-3H3,(H,18,19);1H. The Bertz CT molecular complexity index is 438. The van der Waals surface area contributed by atoms with Crippen molar-refractivity contribution in [2.75, 3.05) is 19.6 Å². The summed E-state index contributed by atoms with van der Waals surface area (Å²) in [6.45, 7) is 9.19. The van der Waals surface area contributed by atoms with Crippen molar-refractivity contribution in [2.45, 2.75) is 32.6 Å². The van der Waals surface area contributed by atoms with Crippen molar-refractivity contribution in [3.63, 3.8) is 0 Å². The molecule has 20 heavy (non-hydrogen) atoms. The van der Waals surface area contributed by atoms with E-state index in [1.165, 1.54) is 11.1 Å². The van der Waals surface area contributed by atoms with Gasteiger partial charge < -0.3 is 10.6 Å². The molecule has 112 valence electrons. The molecule has 0 spiro atoms. The molecule has 1 fully saturated rings. The number of nitrogens with one attached hydrogen (secondary N) is 2. The molecule has 1 amide bonds. The third-order valence-electron chi connectivity index (χ3n) is 3.89. The lowest BCUT2D eigenvalue weighted by Crippen LogP contribution is -2.48. The minimum atomic E-state index is -0.115. The van der Waals surface area contributed by atoms with E-state index in [0.717, 1.165) is 19.6 Å². The molecule has 1 aliphatic heterocycles. The molecule has 1 heterocycles. The van der Waals surface area contributed by atoms with Gasteiger partial charge in [0.15, 0.2) is 0 Å². The molecule has 0 bridgehead atoms. The van der Waals surface area contributed by atoms with Crippen LogP contribution in [0.25, 0.3) is 0 Å². The first-order valence-corrected chi connectivity index (χ1v) is 7.02. The van der Waals surface area contributed by atoms with Crippen LogP contribution in [0.2, 0.25) is 0 Å². The summed E-state index contributed by atoms with van der Waals surface area (Å²) in [5.41, 5.74) is 2.36. The average Bonchev–Trinajstić information content (AvgIpc) is 2.26. The van der Waals surface area contributed by atoms with Crippen molar-refractivity contribution in [1.29, 1.82) is 0 Å². The van der Waals surface area contributed by atoms with Crippen LogP contribution in [0.1, 0.15) is 31.4 Å². The van der Waals surface area contributed by atoms with E-state index in [4.69, 9.17) is 0 Å². The lowest BCUT2D eigenvalue weighted by atomic mass is 9.81. The van der Waals surface area contributed by atoms with E-state index in [9.17, 15) is 4.79 Å². The number of hydrogen-bond donors (Lipinski definition) is 2.